The molecule has 1 aliphatic heterocycles. The predicted octanol–water partition coefficient (Wildman–Crippen LogP) is 1.06. The summed E-state index contributed by atoms with van der Waals surface area (Å²) in [5, 5.41) is 8.63. The number of carboxylic acid groups (broad SMARTS) is 1. The summed E-state index contributed by atoms with van der Waals surface area (Å²) in [6.07, 6.45) is 0.117. The summed E-state index contributed by atoms with van der Waals surface area (Å²) in [7, 11) is 0. The molecular formula is C14H17FN2O3. The topological polar surface area (TPSA) is 60.9 Å². The van der Waals surface area contributed by atoms with Crippen LogP contribution >= 0.6 is 0 Å². The number of hydrogen-bond acceptors (Lipinski definition) is 3. The highest BCUT2D eigenvalue weighted by atomic mass is 19.1. The molecule has 6 heteroatoms. The van der Waals surface area contributed by atoms with Crippen molar-refractivity contribution in [1.29, 1.82) is 0 Å². The number of hydrogen-bond donors (Lipinski definition) is 1. The van der Waals surface area contributed by atoms with Crippen LogP contribution in [0.5, 0.6) is 0 Å². The van der Waals surface area contributed by atoms with Gasteiger partial charge < -0.3 is 10.0 Å². The molecule has 0 aromatic heterocycles. The lowest BCUT2D eigenvalue weighted by Gasteiger charge is -2.34. The number of piperazine rings is 1. The highest BCUT2D eigenvalue weighted by Crippen LogP contribution is 2.10. The van der Waals surface area contributed by atoms with E-state index in [-0.39, 0.29) is 18.1 Å². The van der Waals surface area contributed by atoms with Gasteiger partial charge in [0.25, 0.3) is 5.91 Å². The number of carboxylic acids is 1. The Labute approximate surface area is 116 Å². The van der Waals surface area contributed by atoms with Crippen LogP contribution in [0.2, 0.25) is 0 Å². The average Bonchev–Trinajstić information content (AvgIpc) is 2.46. The van der Waals surface area contributed by atoms with E-state index < -0.39 is 5.97 Å². The molecule has 0 aliphatic carbocycles. The Balaban J connectivity index is 1.85. The predicted molar refractivity (Wildman–Crippen MR) is 71.0 cm³/mol. The van der Waals surface area contributed by atoms with Crippen molar-refractivity contribution in [2.45, 2.75) is 6.42 Å². The van der Waals surface area contributed by atoms with Gasteiger partial charge in [0, 0.05) is 38.3 Å². The molecule has 1 N–H and O–H groups in total. The molecule has 0 spiro atoms. The normalized spacial score (nSPS) is 16.1. The second-order valence-corrected chi connectivity index (χ2v) is 4.78. The van der Waals surface area contributed by atoms with Gasteiger partial charge in [0.05, 0.1) is 6.42 Å². The summed E-state index contributed by atoms with van der Waals surface area (Å²) in [5.41, 5.74) is 0.477. The second kappa shape index (κ2) is 6.47. The number of amides is 1. The minimum Gasteiger partial charge on any atom is -0.481 e. The first-order valence-electron chi connectivity index (χ1n) is 6.55. The van der Waals surface area contributed by atoms with Crippen LogP contribution in [0.1, 0.15) is 16.8 Å². The van der Waals surface area contributed by atoms with E-state index in [9.17, 15) is 14.0 Å². The van der Waals surface area contributed by atoms with Gasteiger partial charge in [-0.05, 0) is 24.3 Å². The Morgan fingerprint density at radius 3 is 2.25 bits per heavy atom. The van der Waals surface area contributed by atoms with Gasteiger partial charge in [-0.3, -0.25) is 14.5 Å². The molecular weight excluding hydrogens is 263 g/mol. The second-order valence-electron chi connectivity index (χ2n) is 4.78. The summed E-state index contributed by atoms with van der Waals surface area (Å²) in [6, 6.07) is 5.51. The Hall–Kier alpha value is -1.95. The van der Waals surface area contributed by atoms with E-state index in [0.717, 1.165) is 0 Å². The highest BCUT2D eigenvalue weighted by Gasteiger charge is 2.22. The van der Waals surface area contributed by atoms with E-state index in [1.807, 2.05) is 4.90 Å². The number of aliphatic carboxylic acids is 1. The van der Waals surface area contributed by atoms with Crippen LogP contribution in [0.25, 0.3) is 0 Å². The molecule has 2 rings (SSSR count). The maximum Gasteiger partial charge on any atom is 0.304 e. The Kier molecular flexibility index (Phi) is 4.68. The zero-order chi connectivity index (χ0) is 14.5. The van der Waals surface area contributed by atoms with Gasteiger partial charge in [-0.1, -0.05) is 0 Å². The molecule has 1 saturated heterocycles. The fourth-order valence-corrected chi connectivity index (χ4v) is 2.20. The molecule has 0 radical (unpaired) electrons. The van der Waals surface area contributed by atoms with Gasteiger partial charge >= 0.3 is 5.97 Å². The Bertz CT molecular complexity index is 482. The molecule has 1 aromatic rings. The molecule has 1 aliphatic rings. The molecule has 1 fully saturated rings. The molecule has 0 atom stereocenters. The van der Waals surface area contributed by atoms with Crippen molar-refractivity contribution in [1.82, 2.24) is 9.80 Å². The van der Waals surface area contributed by atoms with E-state index in [2.05, 4.69) is 0 Å². The largest absolute Gasteiger partial charge is 0.481 e. The van der Waals surface area contributed by atoms with E-state index in [0.29, 0.717) is 38.3 Å². The molecule has 0 unspecified atom stereocenters. The summed E-state index contributed by atoms with van der Waals surface area (Å²) in [6.45, 7) is 2.97. The summed E-state index contributed by atoms with van der Waals surface area (Å²) in [4.78, 5) is 26.4. The lowest BCUT2D eigenvalue weighted by Crippen LogP contribution is -2.49. The van der Waals surface area contributed by atoms with Gasteiger partial charge in [0.15, 0.2) is 0 Å². The Morgan fingerprint density at radius 1 is 1.10 bits per heavy atom. The number of halogens is 1. The first kappa shape index (κ1) is 14.5. The van der Waals surface area contributed by atoms with Gasteiger partial charge in [0.2, 0.25) is 0 Å². The Morgan fingerprint density at radius 2 is 1.70 bits per heavy atom. The zero-order valence-electron chi connectivity index (χ0n) is 11.1. The monoisotopic (exact) mass is 280 g/mol. The van der Waals surface area contributed by atoms with Gasteiger partial charge in [-0.15, -0.1) is 0 Å². The summed E-state index contributed by atoms with van der Waals surface area (Å²) < 4.78 is 12.8. The van der Waals surface area contributed by atoms with E-state index in [1.165, 1.54) is 24.3 Å². The van der Waals surface area contributed by atoms with Gasteiger partial charge in [-0.25, -0.2) is 4.39 Å². The number of carbonyl (C=O) groups excluding carboxylic acids is 1. The molecule has 1 amide bonds. The van der Waals surface area contributed by atoms with Crippen molar-refractivity contribution >= 4 is 11.9 Å². The number of rotatable bonds is 4. The third-order valence-corrected chi connectivity index (χ3v) is 3.39. The van der Waals surface area contributed by atoms with Crippen LogP contribution in [0.4, 0.5) is 4.39 Å². The van der Waals surface area contributed by atoms with Crippen LogP contribution in [0, 0.1) is 5.82 Å². The smallest absolute Gasteiger partial charge is 0.304 e. The summed E-state index contributed by atoms with van der Waals surface area (Å²) in [5.74, 6) is -1.28. The lowest BCUT2D eigenvalue weighted by atomic mass is 10.1. The lowest BCUT2D eigenvalue weighted by molar-refractivity contribution is -0.137. The molecule has 1 heterocycles. The van der Waals surface area contributed by atoms with Crippen LogP contribution in [-0.4, -0.2) is 59.5 Å². The minimum absolute atomic E-state index is 0.108. The number of benzene rings is 1. The fraction of sp³-hybridized carbons (Fsp3) is 0.429. The quantitative estimate of drug-likeness (QED) is 0.896. The maximum absolute atomic E-state index is 12.8. The SMILES string of the molecule is O=C(O)CCN1CCN(C(=O)c2ccc(F)cc2)CC1. The first-order chi connectivity index (χ1) is 9.56. The van der Waals surface area contributed by atoms with Crippen molar-refractivity contribution in [2.24, 2.45) is 0 Å². The third kappa shape index (κ3) is 3.77. The van der Waals surface area contributed by atoms with Crippen LogP contribution in [0.15, 0.2) is 24.3 Å². The van der Waals surface area contributed by atoms with Gasteiger partial charge in [0.1, 0.15) is 5.82 Å². The maximum atomic E-state index is 12.8. The molecule has 0 bridgehead atoms. The van der Waals surface area contributed by atoms with Crippen molar-refractivity contribution in [2.75, 3.05) is 32.7 Å². The van der Waals surface area contributed by atoms with Crippen molar-refractivity contribution < 1.29 is 19.1 Å². The molecule has 5 nitrogen and oxygen atoms in total. The standard InChI is InChI=1S/C14H17FN2O3/c15-12-3-1-11(2-4-12)14(20)17-9-7-16(8-10-17)6-5-13(18)19/h1-4H,5-10H2,(H,18,19). The molecule has 20 heavy (non-hydrogen) atoms. The number of nitrogens with zero attached hydrogens (tertiary/aromatic N) is 2. The van der Waals surface area contributed by atoms with Crippen molar-refractivity contribution in [3.05, 3.63) is 35.6 Å². The summed E-state index contributed by atoms with van der Waals surface area (Å²) >= 11 is 0. The first-order valence-corrected chi connectivity index (χ1v) is 6.55. The van der Waals surface area contributed by atoms with Gasteiger partial charge in [-0.2, -0.15) is 0 Å². The molecule has 0 saturated carbocycles. The number of carbonyl (C=O) groups is 2. The van der Waals surface area contributed by atoms with Crippen molar-refractivity contribution in [3.63, 3.8) is 0 Å². The average molecular weight is 280 g/mol. The van der Waals surface area contributed by atoms with E-state index in [4.69, 9.17) is 5.11 Å². The minimum atomic E-state index is -0.810. The van der Waals surface area contributed by atoms with Crippen LogP contribution < -0.4 is 0 Å². The third-order valence-electron chi connectivity index (χ3n) is 3.39. The molecule has 1 aromatic carbocycles. The van der Waals surface area contributed by atoms with Crippen molar-refractivity contribution in [3.8, 4) is 0 Å². The van der Waals surface area contributed by atoms with Crippen LogP contribution in [0.3, 0.4) is 0 Å². The zero-order valence-corrected chi connectivity index (χ0v) is 11.1. The van der Waals surface area contributed by atoms with Crippen LogP contribution in [-0.2, 0) is 4.79 Å². The van der Waals surface area contributed by atoms with E-state index in [1.54, 1.807) is 4.90 Å². The highest BCUT2D eigenvalue weighted by molar-refractivity contribution is 5.94. The van der Waals surface area contributed by atoms with E-state index >= 15 is 0 Å². The molecule has 108 valence electrons. The fourth-order valence-electron chi connectivity index (χ4n) is 2.20.